The van der Waals surface area contributed by atoms with Gasteiger partial charge in [0.1, 0.15) is 12.1 Å². The fourth-order valence-corrected chi connectivity index (χ4v) is 3.95. The van der Waals surface area contributed by atoms with Crippen LogP contribution in [0.1, 0.15) is 45.2 Å². The van der Waals surface area contributed by atoms with Crippen LogP contribution in [0.15, 0.2) is 24.3 Å². The lowest BCUT2D eigenvalue weighted by atomic mass is 9.92. The van der Waals surface area contributed by atoms with Crippen molar-refractivity contribution in [3.63, 3.8) is 0 Å². The lowest BCUT2D eigenvalue weighted by Crippen LogP contribution is -2.47. The van der Waals surface area contributed by atoms with E-state index < -0.39 is 11.6 Å². The van der Waals surface area contributed by atoms with Gasteiger partial charge < -0.3 is 10.2 Å². The third kappa shape index (κ3) is 2.97. The van der Waals surface area contributed by atoms with Crippen LogP contribution in [-0.2, 0) is 21.5 Å². The first-order valence-corrected chi connectivity index (χ1v) is 9.28. The fourth-order valence-electron chi connectivity index (χ4n) is 3.95. The second-order valence-electron chi connectivity index (χ2n) is 7.92. The summed E-state index contributed by atoms with van der Waals surface area (Å²) in [5, 5.41) is 2.87. The molecule has 1 aliphatic carbocycles. The maximum atomic E-state index is 13.1. The van der Waals surface area contributed by atoms with Crippen molar-refractivity contribution in [3.05, 3.63) is 35.4 Å². The normalized spacial score (nSPS) is 21.7. The quantitative estimate of drug-likeness (QED) is 0.822. The van der Waals surface area contributed by atoms with E-state index in [9.17, 15) is 14.4 Å². The molecule has 1 aromatic rings. The smallest absolute Gasteiger partial charge is 0.325 e. The van der Waals surface area contributed by atoms with Gasteiger partial charge in [0.15, 0.2) is 0 Å². The second-order valence-corrected chi connectivity index (χ2v) is 7.92. The zero-order chi connectivity index (χ0) is 19.1. The minimum atomic E-state index is -1.01. The number of nitrogens with one attached hydrogen (secondary N) is 1. The van der Waals surface area contributed by atoms with Crippen LogP contribution >= 0.6 is 0 Å². The summed E-state index contributed by atoms with van der Waals surface area (Å²) in [6.45, 7) is 8.37. The molecular weight excluding hydrogens is 330 g/mol. The summed E-state index contributed by atoms with van der Waals surface area (Å²) < 4.78 is 0. The van der Waals surface area contributed by atoms with Crippen molar-refractivity contribution < 1.29 is 14.4 Å². The van der Waals surface area contributed by atoms with Gasteiger partial charge in [0.2, 0.25) is 5.91 Å². The molecule has 6 nitrogen and oxygen atoms in total. The largest absolute Gasteiger partial charge is 0.338 e. The molecule has 1 heterocycles. The number of nitrogens with zero attached hydrogens (tertiary/aromatic N) is 2. The summed E-state index contributed by atoms with van der Waals surface area (Å²) in [6.07, 6.45) is 1.29. The molecule has 4 amide bonds. The number of hydrogen-bond acceptors (Lipinski definition) is 3. The van der Waals surface area contributed by atoms with Gasteiger partial charge in [0.25, 0.3) is 5.91 Å². The molecule has 0 aromatic heterocycles. The number of carbonyl (C=O) groups excluding carboxylic acids is 3. The highest BCUT2D eigenvalue weighted by molar-refractivity contribution is 6.09. The molecule has 2 aliphatic rings. The van der Waals surface area contributed by atoms with Crippen LogP contribution in [0.3, 0.4) is 0 Å². The molecule has 1 fully saturated rings. The predicted octanol–water partition coefficient (Wildman–Crippen LogP) is 2.27. The molecule has 140 valence electrons. The van der Waals surface area contributed by atoms with E-state index in [2.05, 4.69) is 5.32 Å². The van der Waals surface area contributed by atoms with Crippen molar-refractivity contribution in [2.75, 3.05) is 13.1 Å². The summed E-state index contributed by atoms with van der Waals surface area (Å²) in [4.78, 5) is 41.2. The number of hydrogen-bond donors (Lipinski definition) is 1. The highest BCUT2D eigenvalue weighted by atomic mass is 16.2. The molecule has 1 N–H and O–H groups in total. The fraction of sp³-hybridized carbons (Fsp3) is 0.550. The van der Waals surface area contributed by atoms with Crippen molar-refractivity contribution in [3.8, 4) is 0 Å². The molecule has 0 saturated carbocycles. The van der Waals surface area contributed by atoms with Gasteiger partial charge in [0, 0.05) is 12.6 Å². The molecule has 1 aromatic carbocycles. The molecule has 1 saturated heterocycles. The first kappa shape index (κ1) is 18.4. The Kier molecular flexibility index (Phi) is 4.78. The monoisotopic (exact) mass is 357 g/mol. The Morgan fingerprint density at radius 1 is 1.23 bits per heavy atom. The lowest BCUT2D eigenvalue weighted by Gasteiger charge is -2.30. The zero-order valence-electron chi connectivity index (χ0n) is 15.9. The van der Waals surface area contributed by atoms with Gasteiger partial charge in [-0.1, -0.05) is 38.1 Å². The van der Waals surface area contributed by atoms with Gasteiger partial charge in [-0.25, -0.2) is 4.79 Å². The van der Waals surface area contributed by atoms with E-state index >= 15 is 0 Å². The van der Waals surface area contributed by atoms with Crippen LogP contribution in [0.5, 0.6) is 0 Å². The Morgan fingerprint density at radius 2 is 1.92 bits per heavy atom. The molecule has 1 unspecified atom stereocenters. The van der Waals surface area contributed by atoms with Crippen LogP contribution in [0.4, 0.5) is 4.79 Å². The van der Waals surface area contributed by atoms with E-state index in [1.54, 1.807) is 4.90 Å². The van der Waals surface area contributed by atoms with E-state index in [0.717, 1.165) is 22.4 Å². The summed E-state index contributed by atoms with van der Waals surface area (Å²) in [5.74, 6) is -0.188. The Hall–Kier alpha value is -2.37. The number of carbonyl (C=O) groups is 3. The third-order valence-electron chi connectivity index (χ3n) is 5.22. The number of aryl methyl sites for hydroxylation is 1. The minimum Gasteiger partial charge on any atom is -0.338 e. The average molecular weight is 357 g/mol. The standard InChI is InChI=1S/C20H27N3O3/c1-13(2)11-22(14(3)4)17(24)12-23-18(25)20(21-19(23)26)10-9-15-7-5-6-8-16(15)20/h5-8,13-14H,9-12H2,1-4H3,(H,21,26). The maximum Gasteiger partial charge on any atom is 0.325 e. The Morgan fingerprint density at radius 3 is 2.58 bits per heavy atom. The lowest BCUT2D eigenvalue weighted by molar-refractivity contribution is -0.140. The molecule has 1 atom stereocenters. The van der Waals surface area contributed by atoms with E-state index in [1.165, 1.54) is 0 Å². The van der Waals surface area contributed by atoms with Crippen LogP contribution in [0.2, 0.25) is 0 Å². The topological polar surface area (TPSA) is 69.7 Å². The molecule has 6 heteroatoms. The van der Waals surface area contributed by atoms with Crippen molar-refractivity contribution in [2.24, 2.45) is 5.92 Å². The van der Waals surface area contributed by atoms with Crippen molar-refractivity contribution in [1.82, 2.24) is 15.1 Å². The number of urea groups is 1. The highest BCUT2D eigenvalue weighted by Crippen LogP contribution is 2.41. The number of fused-ring (bicyclic) bond motifs is 2. The van der Waals surface area contributed by atoms with Crippen molar-refractivity contribution >= 4 is 17.8 Å². The van der Waals surface area contributed by atoms with E-state index in [-0.39, 0.29) is 24.4 Å². The van der Waals surface area contributed by atoms with Crippen LogP contribution in [0, 0.1) is 5.92 Å². The third-order valence-corrected chi connectivity index (χ3v) is 5.22. The molecule has 0 radical (unpaired) electrons. The van der Waals surface area contributed by atoms with E-state index in [1.807, 2.05) is 52.0 Å². The maximum absolute atomic E-state index is 13.1. The Bertz CT molecular complexity index is 744. The van der Waals surface area contributed by atoms with Crippen LogP contribution < -0.4 is 5.32 Å². The first-order chi connectivity index (χ1) is 12.3. The molecule has 0 bridgehead atoms. The van der Waals surface area contributed by atoms with Gasteiger partial charge in [0.05, 0.1) is 0 Å². The van der Waals surface area contributed by atoms with Gasteiger partial charge in [-0.05, 0) is 43.7 Å². The highest BCUT2D eigenvalue weighted by Gasteiger charge is 2.55. The number of rotatable bonds is 5. The number of amides is 4. The van der Waals surface area contributed by atoms with Gasteiger partial charge in [-0.3, -0.25) is 14.5 Å². The van der Waals surface area contributed by atoms with Gasteiger partial charge in [-0.2, -0.15) is 0 Å². The molecule has 3 rings (SSSR count). The molecule has 1 aliphatic heterocycles. The molecular formula is C20H27N3O3. The van der Waals surface area contributed by atoms with E-state index in [4.69, 9.17) is 0 Å². The summed E-state index contributed by atoms with van der Waals surface area (Å²) in [7, 11) is 0. The predicted molar refractivity (Wildman–Crippen MR) is 98.4 cm³/mol. The van der Waals surface area contributed by atoms with Gasteiger partial charge in [-0.15, -0.1) is 0 Å². The van der Waals surface area contributed by atoms with E-state index in [0.29, 0.717) is 18.9 Å². The second kappa shape index (κ2) is 6.74. The number of imide groups is 1. The first-order valence-electron chi connectivity index (χ1n) is 9.28. The van der Waals surface area contributed by atoms with Crippen molar-refractivity contribution in [1.29, 1.82) is 0 Å². The summed E-state index contributed by atoms with van der Waals surface area (Å²) >= 11 is 0. The Balaban J connectivity index is 1.81. The number of benzene rings is 1. The molecule has 1 spiro atoms. The SMILES string of the molecule is CC(C)CN(C(=O)CN1C(=O)NC2(CCc3ccccc32)C1=O)C(C)C. The molecule has 26 heavy (non-hydrogen) atoms. The van der Waals surface area contributed by atoms with Gasteiger partial charge >= 0.3 is 6.03 Å². The van der Waals surface area contributed by atoms with Crippen molar-refractivity contribution in [2.45, 2.75) is 52.1 Å². The minimum absolute atomic E-state index is 0.0202. The summed E-state index contributed by atoms with van der Waals surface area (Å²) in [6, 6.07) is 7.24. The zero-order valence-corrected chi connectivity index (χ0v) is 15.9. The van der Waals surface area contributed by atoms with Crippen LogP contribution in [-0.4, -0.2) is 46.8 Å². The summed E-state index contributed by atoms with van der Waals surface area (Å²) in [5.41, 5.74) is 0.934. The Labute approximate surface area is 154 Å². The van der Waals surface area contributed by atoms with Crippen LogP contribution in [0.25, 0.3) is 0 Å². The average Bonchev–Trinajstić information content (AvgIpc) is 3.06.